The van der Waals surface area contributed by atoms with Gasteiger partial charge in [-0.15, -0.1) is 0 Å². The van der Waals surface area contributed by atoms with E-state index in [2.05, 4.69) is 66.7 Å². The van der Waals surface area contributed by atoms with E-state index in [1.54, 1.807) is 19.0 Å². The number of benzene rings is 3. The van der Waals surface area contributed by atoms with Crippen LogP contribution in [-0.2, 0) is 14.4 Å². The largest absolute Gasteiger partial charge is 0.374 e. The number of fused-ring (bicyclic) bond motifs is 1. The lowest BCUT2D eigenvalue weighted by Gasteiger charge is -2.49. The minimum absolute atomic E-state index is 0.0115. The summed E-state index contributed by atoms with van der Waals surface area (Å²) >= 11 is 0. The first kappa shape index (κ1) is 39.4. The highest BCUT2D eigenvalue weighted by atomic mass is 16.2. The molecule has 3 N–H and O–H groups in total. The van der Waals surface area contributed by atoms with Gasteiger partial charge in [0.25, 0.3) is 5.91 Å². The summed E-state index contributed by atoms with van der Waals surface area (Å²) in [6, 6.07) is 22.8. The van der Waals surface area contributed by atoms with Crippen LogP contribution in [0.4, 0.5) is 11.4 Å². The maximum Gasteiger partial charge on any atom is 0.253 e. The Morgan fingerprint density at radius 1 is 0.850 bits per heavy atom. The van der Waals surface area contributed by atoms with Gasteiger partial charge in [0.1, 0.15) is 11.6 Å². The zero-order valence-corrected chi connectivity index (χ0v) is 34.6. The Morgan fingerprint density at radius 3 is 2.25 bits per heavy atom. The Labute approximate surface area is 350 Å². The van der Waals surface area contributed by atoms with Crippen molar-refractivity contribution in [2.75, 3.05) is 63.6 Å². The van der Waals surface area contributed by atoms with E-state index in [9.17, 15) is 19.2 Å². The predicted molar refractivity (Wildman–Crippen MR) is 233 cm³/mol. The number of anilines is 2. The molecule has 9 rings (SSSR count). The van der Waals surface area contributed by atoms with Crippen LogP contribution >= 0.6 is 0 Å². The molecule has 6 heterocycles. The van der Waals surface area contributed by atoms with Crippen molar-refractivity contribution < 1.29 is 19.2 Å². The SMILES string of the molecule is Cc1cc(-c2c[nH]c3ncc(-c4ccc(C5CCN(C6CN(C(=O)C7CCN(c8ccc(NC9CCC(=O)NC9=O)cc8)CC7)C6)CC5)cc4)nc23)ccc1C(=O)N(C)C. The van der Waals surface area contributed by atoms with Gasteiger partial charge in [-0.3, -0.25) is 29.4 Å². The van der Waals surface area contributed by atoms with Gasteiger partial charge in [0.15, 0.2) is 5.65 Å². The van der Waals surface area contributed by atoms with Crippen molar-refractivity contribution in [3.8, 4) is 22.4 Å². The van der Waals surface area contributed by atoms with Gasteiger partial charge in [-0.1, -0.05) is 36.4 Å². The van der Waals surface area contributed by atoms with Gasteiger partial charge in [-0.2, -0.15) is 0 Å². The number of amides is 4. The fourth-order valence-corrected chi connectivity index (χ4v) is 9.40. The number of rotatable bonds is 9. The topological polar surface area (TPSA) is 147 Å². The first-order valence-electron chi connectivity index (χ1n) is 21.3. The number of aromatic nitrogens is 3. The molecule has 0 radical (unpaired) electrons. The molecular formula is C47H53N9O4. The molecule has 1 unspecified atom stereocenters. The van der Waals surface area contributed by atoms with Crippen LogP contribution in [-0.4, -0.2) is 119 Å². The van der Waals surface area contributed by atoms with Crippen LogP contribution < -0.4 is 15.5 Å². The normalized spacial score (nSPS) is 19.6. The summed E-state index contributed by atoms with van der Waals surface area (Å²) in [5.74, 6) is 0.387. The standard InChI is InChI=1S/C47H53N9O4/c1-29-24-34(8-13-38(29)47(60)53(2)3)39-25-48-44-43(39)51-41(26-49-44)32-6-4-30(5-7-32)31-16-20-55(21-17-31)37-27-56(28-37)46(59)33-18-22-54(23-19-33)36-11-9-35(10-12-36)50-40-14-15-42(57)52-45(40)58/h4-13,24-26,31,33,37,40,50H,14-23,27-28H2,1-3H3,(H,48,49)(H,52,57,58). The number of nitrogens with one attached hydrogen (secondary N) is 3. The smallest absolute Gasteiger partial charge is 0.253 e. The molecule has 60 heavy (non-hydrogen) atoms. The third-order valence-electron chi connectivity index (χ3n) is 13.1. The summed E-state index contributed by atoms with van der Waals surface area (Å²) < 4.78 is 0. The number of carbonyl (C=O) groups is 4. The number of imide groups is 1. The Balaban J connectivity index is 0.731. The van der Waals surface area contributed by atoms with E-state index in [-0.39, 0.29) is 23.6 Å². The van der Waals surface area contributed by atoms with Crippen LogP contribution in [0.15, 0.2) is 79.1 Å². The number of aromatic amines is 1. The lowest BCUT2D eigenvalue weighted by atomic mass is 9.87. The number of H-pyrrole nitrogens is 1. The van der Waals surface area contributed by atoms with Crippen molar-refractivity contribution >= 4 is 46.2 Å². The zero-order chi connectivity index (χ0) is 41.5. The van der Waals surface area contributed by atoms with Gasteiger partial charge >= 0.3 is 0 Å². The van der Waals surface area contributed by atoms with Crippen molar-refractivity contribution in [1.29, 1.82) is 0 Å². The molecule has 310 valence electrons. The van der Waals surface area contributed by atoms with E-state index in [1.807, 2.05) is 49.6 Å². The van der Waals surface area contributed by atoms with Crippen molar-refractivity contribution in [2.45, 2.75) is 63.5 Å². The van der Waals surface area contributed by atoms with E-state index < -0.39 is 6.04 Å². The van der Waals surface area contributed by atoms with Crippen LogP contribution in [0.1, 0.15) is 65.9 Å². The molecule has 0 aliphatic carbocycles. The molecule has 4 aliphatic rings. The number of likely N-dealkylation sites (tertiary alicyclic amines) is 2. The second-order valence-corrected chi connectivity index (χ2v) is 17.2. The van der Waals surface area contributed by atoms with E-state index >= 15 is 0 Å². The minimum atomic E-state index is -0.400. The van der Waals surface area contributed by atoms with Crippen LogP contribution in [0.5, 0.6) is 0 Å². The number of carbonyl (C=O) groups excluding carboxylic acids is 4. The maximum absolute atomic E-state index is 13.5. The summed E-state index contributed by atoms with van der Waals surface area (Å²) in [7, 11) is 3.53. The zero-order valence-electron chi connectivity index (χ0n) is 34.6. The second kappa shape index (κ2) is 16.5. The first-order valence-corrected chi connectivity index (χ1v) is 21.3. The molecule has 4 amide bonds. The summed E-state index contributed by atoms with van der Waals surface area (Å²) in [6.07, 6.45) is 8.51. The average molecular weight is 808 g/mol. The fraction of sp³-hybridized carbons (Fsp3) is 0.404. The van der Waals surface area contributed by atoms with Gasteiger partial charge < -0.3 is 25.0 Å². The Hall–Kier alpha value is -6.08. The molecule has 13 heteroatoms. The fourth-order valence-electron chi connectivity index (χ4n) is 9.40. The molecule has 0 spiro atoms. The van der Waals surface area contributed by atoms with Gasteiger partial charge in [-0.05, 0) is 105 Å². The molecular weight excluding hydrogens is 755 g/mol. The number of hydrogen-bond donors (Lipinski definition) is 3. The molecule has 1 atom stereocenters. The molecule has 2 aromatic heterocycles. The third kappa shape index (κ3) is 7.98. The van der Waals surface area contributed by atoms with Gasteiger partial charge in [0.05, 0.1) is 11.9 Å². The van der Waals surface area contributed by atoms with Crippen molar-refractivity contribution in [1.82, 2.24) is 35.0 Å². The van der Waals surface area contributed by atoms with E-state index in [0.29, 0.717) is 36.3 Å². The lowest BCUT2D eigenvalue weighted by Crippen LogP contribution is -2.63. The van der Waals surface area contributed by atoms with E-state index in [4.69, 9.17) is 9.97 Å². The van der Waals surface area contributed by atoms with Crippen LogP contribution in [0, 0.1) is 12.8 Å². The lowest BCUT2D eigenvalue weighted by molar-refractivity contribution is -0.144. The predicted octanol–water partition coefficient (Wildman–Crippen LogP) is 5.83. The summed E-state index contributed by atoms with van der Waals surface area (Å²) in [6.45, 7) is 7.39. The van der Waals surface area contributed by atoms with Crippen molar-refractivity contribution in [2.24, 2.45) is 5.92 Å². The number of piperidine rings is 3. The Kier molecular flexibility index (Phi) is 10.8. The molecule has 4 aliphatic heterocycles. The van der Waals surface area contributed by atoms with Gasteiger partial charge in [0.2, 0.25) is 17.7 Å². The maximum atomic E-state index is 13.5. The quantitative estimate of drug-likeness (QED) is 0.157. The minimum Gasteiger partial charge on any atom is -0.374 e. The second-order valence-electron chi connectivity index (χ2n) is 17.2. The average Bonchev–Trinajstić information content (AvgIpc) is 3.68. The number of hydrogen-bond acceptors (Lipinski definition) is 9. The Bertz CT molecular complexity index is 2410. The molecule has 4 fully saturated rings. The molecule has 0 saturated carbocycles. The highest BCUT2D eigenvalue weighted by molar-refractivity contribution is 6.01. The number of nitrogens with zero attached hydrogens (tertiary/aromatic N) is 6. The first-order chi connectivity index (χ1) is 29.1. The van der Waals surface area contributed by atoms with Gasteiger partial charge in [0, 0.05) is 92.9 Å². The molecule has 5 aromatic rings. The van der Waals surface area contributed by atoms with Crippen LogP contribution in [0.2, 0.25) is 0 Å². The van der Waals surface area contributed by atoms with Crippen LogP contribution in [0.25, 0.3) is 33.5 Å². The molecule has 0 bridgehead atoms. The third-order valence-corrected chi connectivity index (χ3v) is 13.1. The number of aryl methyl sites for hydroxylation is 1. The summed E-state index contributed by atoms with van der Waals surface area (Å²) in [5.41, 5.74) is 10.3. The monoisotopic (exact) mass is 807 g/mol. The van der Waals surface area contributed by atoms with Gasteiger partial charge in [-0.25, -0.2) is 9.97 Å². The highest BCUT2D eigenvalue weighted by Gasteiger charge is 2.39. The van der Waals surface area contributed by atoms with Crippen molar-refractivity contribution in [3.05, 3.63) is 95.8 Å². The molecule has 3 aromatic carbocycles. The molecule has 4 saturated heterocycles. The highest BCUT2D eigenvalue weighted by Crippen LogP contribution is 2.34. The van der Waals surface area contributed by atoms with Crippen LogP contribution in [0.3, 0.4) is 0 Å². The molecule has 13 nitrogen and oxygen atoms in total. The van der Waals surface area contributed by atoms with E-state index in [1.165, 1.54) is 5.56 Å². The van der Waals surface area contributed by atoms with E-state index in [0.717, 1.165) is 115 Å². The summed E-state index contributed by atoms with van der Waals surface area (Å²) in [4.78, 5) is 71.3. The Morgan fingerprint density at radius 2 is 1.57 bits per heavy atom. The van der Waals surface area contributed by atoms with Crippen molar-refractivity contribution in [3.63, 3.8) is 0 Å². The summed E-state index contributed by atoms with van der Waals surface area (Å²) in [5, 5.41) is 5.63.